The molecular formula is C23H14Cl2N4O4. The van der Waals surface area contributed by atoms with Gasteiger partial charge in [-0.15, -0.1) is 5.06 Å². The molecule has 10 heteroatoms. The third kappa shape index (κ3) is 3.73. The molecule has 0 aliphatic carbocycles. The fourth-order valence-electron chi connectivity index (χ4n) is 3.54. The van der Waals surface area contributed by atoms with E-state index in [0.717, 1.165) is 5.69 Å². The molecule has 1 saturated heterocycles. The number of carbonyl (C=O) groups is 3. The minimum absolute atomic E-state index is 0.0122. The average molecular weight is 481 g/mol. The van der Waals surface area contributed by atoms with Gasteiger partial charge in [-0.05, 0) is 24.3 Å². The Kier molecular flexibility index (Phi) is 5.32. The van der Waals surface area contributed by atoms with Gasteiger partial charge in [-0.3, -0.25) is 9.59 Å². The second-order valence-corrected chi connectivity index (χ2v) is 8.06. The summed E-state index contributed by atoms with van der Waals surface area (Å²) in [5.74, 6) is -2.14. The number of hydroxylamine groups is 2. The number of pyridine rings is 1. The number of amides is 2. The number of hydrogen-bond acceptors (Lipinski definition) is 6. The molecule has 0 spiro atoms. The van der Waals surface area contributed by atoms with Crippen LogP contribution in [-0.4, -0.2) is 37.6 Å². The van der Waals surface area contributed by atoms with Crippen molar-refractivity contribution in [1.29, 1.82) is 0 Å². The molecule has 0 bridgehead atoms. The number of nitrogens with zero attached hydrogens (tertiary/aromatic N) is 4. The van der Waals surface area contributed by atoms with E-state index in [0.29, 0.717) is 32.4 Å². The van der Waals surface area contributed by atoms with Crippen LogP contribution in [-0.2, 0) is 14.4 Å². The van der Waals surface area contributed by atoms with E-state index < -0.39 is 17.8 Å². The van der Waals surface area contributed by atoms with Crippen LogP contribution >= 0.6 is 23.2 Å². The van der Waals surface area contributed by atoms with Gasteiger partial charge in [0.15, 0.2) is 5.65 Å². The summed E-state index contributed by atoms with van der Waals surface area (Å²) in [5.41, 5.74) is 2.25. The maximum Gasteiger partial charge on any atom is 0.367 e. The van der Waals surface area contributed by atoms with Crippen molar-refractivity contribution in [3.05, 3.63) is 76.4 Å². The molecule has 1 fully saturated rings. The third-order valence-electron chi connectivity index (χ3n) is 5.15. The number of para-hydroxylation sites is 1. The lowest BCUT2D eigenvalue weighted by molar-refractivity contribution is -0.172. The minimum Gasteiger partial charge on any atom is -0.325 e. The molecule has 0 N–H and O–H groups in total. The van der Waals surface area contributed by atoms with Crippen LogP contribution in [0.2, 0.25) is 10.0 Å². The fraction of sp³-hybridized carbons (Fsp3) is 0.0870. The highest BCUT2D eigenvalue weighted by atomic mass is 35.5. The molecule has 1 aliphatic rings. The van der Waals surface area contributed by atoms with Gasteiger partial charge >= 0.3 is 5.97 Å². The van der Waals surface area contributed by atoms with Crippen LogP contribution in [0.5, 0.6) is 0 Å². The Morgan fingerprint density at radius 3 is 2.27 bits per heavy atom. The lowest BCUT2D eigenvalue weighted by Gasteiger charge is -2.13. The Bertz CT molecular complexity index is 1400. The first-order valence-electron chi connectivity index (χ1n) is 9.90. The van der Waals surface area contributed by atoms with Crippen molar-refractivity contribution >= 4 is 52.0 Å². The van der Waals surface area contributed by atoms with Gasteiger partial charge in [0.2, 0.25) is 0 Å². The molecule has 2 aromatic carbocycles. The van der Waals surface area contributed by atoms with Crippen LogP contribution in [0, 0.1) is 0 Å². The number of halogens is 2. The molecule has 33 heavy (non-hydrogen) atoms. The van der Waals surface area contributed by atoms with Crippen LogP contribution < -0.4 is 0 Å². The van der Waals surface area contributed by atoms with Crippen LogP contribution in [0.25, 0.3) is 28.0 Å². The maximum atomic E-state index is 12.8. The van der Waals surface area contributed by atoms with E-state index in [4.69, 9.17) is 33.1 Å². The SMILES string of the molecule is O=C(ON1C(=O)CCC1=O)c1cnc2c(c(-c3ccc(Cl)cc3)nn2-c2ccccc2)c1Cl. The molecule has 2 amide bonds. The molecule has 3 heterocycles. The molecule has 4 aromatic rings. The van der Waals surface area contributed by atoms with Crippen molar-refractivity contribution in [3.63, 3.8) is 0 Å². The summed E-state index contributed by atoms with van der Waals surface area (Å²) in [6, 6.07) is 16.3. The monoisotopic (exact) mass is 480 g/mol. The zero-order chi connectivity index (χ0) is 23.1. The Morgan fingerprint density at radius 1 is 0.939 bits per heavy atom. The number of carbonyl (C=O) groups excluding carboxylic acids is 3. The third-order valence-corrected chi connectivity index (χ3v) is 5.80. The number of hydrogen-bond donors (Lipinski definition) is 0. The minimum atomic E-state index is -0.965. The van der Waals surface area contributed by atoms with Crippen LogP contribution in [0.1, 0.15) is 23.2 Å². The lowest BCUT2D eigenvalue weighted by Crippen LogP contribution is -2.32. The summed E-state index contributed by atoms with van der Waals surface area (Å²) < 4.78 is 1.62. The zero-order valence-electron chi connectivity index (χ0n) is 16.9. The summed E-state index contributed by atoms with van der Waals surface area (Å²) in [5, 5.41) is 6.18. The van der Waals surface area contributed by atoms with Gasteiger partial charge in [-0.25, -0.2) is 14.5 Å². The Hall–Kier alpha value is -3.75. The maximum absolute atomic E-state index is 12.8. The molecule has 0 atom stereocenters. The first-order chi connectivity index (χ1) is 15.9. The highest BCUT2D eigenvalue weighted by Gasteiger charge is 2.34. The van der Waals surface area contributed by atoms with Gasteiger partial charge in [0.05, 0.1) is 21.7 Å². The highest BCUT2D eigenvalue weighted by Crippen LogP contribution is 2.36. The second-order valence-electron chi connectivity index (χ2n) is 7.25. The number of rotatable bonds is 4. The Balaban J connectivity index is 1.67. The van der Waals surface area contributed by atoms with Crippen molar-refractivity contribution in [2.24, 2.45) is 0 Å². The van der Waals surface area contributed by atoms with Crippen molar-refractivity contribution < 1.29 is 19.2 Å². The first-order valence-corrected chi connectivity index (χ1v) is 10.7. The molecule has 2 aromatic heterocycles. The first kappa shape index (κ1) is 21.1. The normalized spacial score (nSPS) is 13.7. The van der Waals surface area contributed by atoms with E-state index in [1.54, 1.807) is 28.9 Å². The lowest BCUT2D eigenvalue weighted by atomic mass is 10.1. The van der Waals surface area contributed by atoms with Gasteiger partial charge in [0.25, 0.3) is 11.8 Å². The van der Waals surface area contributed by atoms with Crippen LogP contribution in [0.15, 0.2) is 60.8 Å². The summed E-state index contributed by atoms with van der Waals surface area (Å²) >= 11 is 12.7. The van der Waals surface area contributed by atoms with E-state index >= 15 is 0 Å². The highest BCUT2D eigenvalue weighted by molar-refractivity contribution is 6.39. The van der Waals surface area contributed by atoms with E-state index in [1.807, 2.05) is 30.3 Å². The van der Waals surface area contributed by atoms with E-state index in [1.165, 1.54) is 6.20 Å². The van der Waals surface area contributed by atoms with Gasteiger partial charge in [-0.1, -0.05) is 53.5 Å². The molecule has 0 radical (unpaired) electrons. The summed E-state index contributed by atoms with van der Waals surface area (Å²) in [6.45, 7) is 0. The van der Waals surface area contributed by atoms with Gasteiger partial charge in [0, 0.05) is 29.6 Å². The second kappa shape index (κ2) is 8.31. The number of fused-ring (bicyclic) bond motifs is 1. The summed E-state index contributed by atoms with van der Waals surface area (Å²) in [4.78, 5) is 45.9. The summed E-state index contributed by atoms with van der Waals surface area (Å²) in [7, 11) is 0. The summed E-state index contributed by atoms with van der Waals surface area (Å²) in [6.07, 6.45) is 1.22. The average Bonchev–Trinajstić information content (AvgIpc) is 3.36. The topological polar surface area (TPSA) is 94.4 Å². The van der Waals surface area contributed by atoms with Crippen LogP contribution in [0.3, 0.4) is 0 Å². The van der Waals surface area contributed by atoms with E-state index in [9.17, 15) is 14.4 Å². The number of imide groups is 1. The quantitative estimate of drug-likeness (QED) is 0.395. The zero-order valence-corrected chi connectivity index (χ0v) is 18.4. The molecular weight excluding hydrogens is 467 g/mol. The van der Waals surface area contributed by atoms with Crippen molar-refractivity contribution in [2.45, 2.75) is 12.8 Å². The van der Waals surface area contributed by atoms with E-state index in [-0.39, 0.29) is 23.4 Å². The fourth-order valence-corrected chi connectivity index (χ4v) is 3.96. The number of benzene rings is 2. The standard InChI is InChI=1S/C23H14Cl2N4O4/c24-14-8-6-13(7-9-14)21-19-20(25)16(23(32)33-29-17(30)10-11-18(29)31)12-26-22(19)28(27-21)15-4-2-1-3-5-15/h1-9,12H,10-11H2. The van der Waals surface area contributed by atoms with Crippen molar-refractivity contribution in [3.8, 4) is 16.9 Å². The van der Waals surface area contributed by atoms with Gasteiger partial charge in [-0.2, -0.15) is 5.10 Å². The Morgan fingerprint density at radius 2 is 1.61 bits per heavy atom. The van der Waals surface area contributed by atoms with Crippen molar-refractivity contribution in [2.75, 3.05) is 0 Å². The predicted molar refractivity (Wildman–Crippen MR) is 121 cm³/mol. The predicted octanol–water partition coefficient (Wildman–Crippen LogP) is 4.62. The smallest absolute Gasteiger partial charge is 0.325 e. The van der Waals surface area contributed by atoms with Crippen LogP contribution in [0.4, 0.5) is 0 Å². The largest absolute Gasteiger partial charge is 0.367 e. The molecule has 164 valence electrons. The number of aromatic nitrogens is 3. The molecule has 0 saturated carbocycles. The van der Waals surface area contributed by atoms with Gasteiger partial charge in [0.1, 0.15) is 5.69 Å². The van der Waals surface area contributed by atoms with Gasteiger partial charge < -0.3 is 4.84 Å². The molecule has 5 rings (SSSR count). The van der Waals surface area contributed by atoms with Crippen molar-refractivity contribution in [1.82, 2.24) is 19.8 Å². The van der Waals surface area contributed by atoms with E-state index in [2.05, 4.69) is 4.98 Å². The molecule has 8 nitrogen and oxygen atoms in total. The molecule has 1 aliphatic heterocycles. The molecule has 0 unspecified atom stereocenters. The Labute approximate surface area is 197 Å².